The Kier molecular flexibility index (Phi) is 8.53. The van der Waals surface area contributed by atoms with Crippen molar-refractivity contribution in [3.8, 4) is 0 Å². The number of benzene rings is 1. The molecule has 11 nitrogen and oxygen atoms in total. The lowest BCUT2D eigenvalue weighted by Crippen LogP contribution is -2.39. The number of fused-ring (bicyclic) bond motifs is 1. The molecule has 5 rings (SSSR count). The number of aliphatic hydroxyl groups is 3. The molecule has 0 aliphatic heterocycles. The molecule has 0 spiro atoms. The zero-order chi connectivity index (χ0) is 27.4. The molecular weight excluding hydrogens is 505 g/mol. The Morgan fingerprint density at radius 2 is 1.82 bits per heavy atom. The molecule has 1 amide bonds. The largest absolute Gasteiger partial charge is 0.394 e. The Morgan fingerprint density at radius 3 is 2.54 bits per heavy atom. The van der Waals surface area contributed by atoms with Crippen LogP contribution >= 0.6 is 0 Å². The number of hydrogen-bond acceptors (Lipinski definition) is 9. The highest BCUT2D eigenvalue weighted by Gasteiger charge is 2.30. The van der Waals surface area contributed by atoms with Crippen LogP contribution in [0.25, 0.3) is 11.2 Å². The highest BCUT2D eigenvalue weighted by atomic mass is 19.1. The molecule has 2 aliphatic rings. The van der Waals surface area contributed by atoms with E-state index in [2.05, 4.69) is 20.9 Å². The first-order valence-electron chi connectivity index (χ1n) is 13.7. The van der Waals surface area contributed by atoms with Gasteiger partial charge in [0.05, 0.1) is 30.7 Å². The fourth-order valence-electron chi connectivity index (χ4n) is 5.50. The molecule has 0 radical (unpaired) electrons. The minimum Gasteiger partial charge on any atom is -0.394 e. The van der Waals surface area contributed by atoms with Gasteiger partial charge in [0, 0.05) is 24.5 Å². The van der Waals surface area contributed by atoms with E-state index in [9.17, 15) is 19.4 Å². The molecule has 2 fully saturated rings. The summed E-state index contributed by atoms with van der Waals surface area (Å²) in [5.74, 6) is 0.222. The SMILES string of the molecule is O=C(NC[C@@H](O)CO)[C@H]1CC[C@@H](n2c(Nc3ccccc3F)nc3cnc(N[C@H]4CC[C@H](O)CC4)nc32)CC1. The number of nitrogens with zero attached hydrogens (tertiary/aromatic N) is 4. The van der Waals surface area contributed by atoms with Crippen molar-refractivity contribution in [1.82, 2.24) is 24.8 Å². The highest BCUT2D eigenvalue weighted by molar-refractivity contribution is 5.79. The molecule has 2 saturated carbocycles. The summed E-state index contributed by atoms with van der Waals surface area (Å²) in [6.07, 6.45) is 6.22. The van der Waals surface area contributed by atoms with Crippen molar-refractivity contribution in [2.45, 2.75) is 75.7 Å². The predicted molar refractivity (Wildman–Crippen MR) is 144 cm³/mol. The van der Waals surface area contributed by atoms with Crippen LogP contribution < -0.4 is 16.0 Å². The first-order valence-corrected chi connectivity index (χ1v) is 13.7. The van der Waals surface area contributed by atoms with E-state index >= 15 is 0 Å². The van der Waals surface area contributed by atoms with Crippen LogP contribution in [0.15, 0.2) is 30.5 Å². The van der Waals surface area contributed by atoms with Gasteiger partial charge in [-0.3, -0.25) is 9.36 Å². The molecule has 39 heavy (non-hydrogen) atoms. The Balaban J connectivity index is 1.38. The van der Waals surface area contributed by atoms with Crippen LogP contribution in [0.2, 0.25) is 0 Å². The summed E-state index contributed by atoms with van der Waals surface area (Å²) in [4.78, 5) is 26.6. The van der Waals surface area contributed by atoms with E-state index in [-0.39, 0.29) is 36.6 Å². The molecule has 0 bridgehead atoms. The number of nitrogens with one attached hydrogen (secondary N) is 3. The number of carbonyl (C=O) groups is 1. The van der Waals surface area contributed by atoms with Gasteiger partial charge in [-0.05, 0) is 63.5 Å². The van der Waals surface area contributed by atoms with E-state index in [0.29, 0.717) is 54.4 Å². The van der Waals surface area contributed by atoms with E-state index < -0.39 is 18.5 Å². The average Bonchev–Trinajstić information content (AvgIpc) is 3.31. The molecule has 2 heterocycles. The second-order valence-corrected chi connectivity index (χ2v) is 10.5. The van der Waals surface area contributed by atoms with Crippen molar-refractivity contribution in [1.29, 1.82) is 0 Å². The minimum absolute atomic E-state index is 0.0186. The number of amides is 1. The number of imidazole rings is 1. The summed E-state index contributed by atoms with van der Waals surface area (Å²) in [6.45, 7) is -0.384. The van der Waals surface area contributed by atoms with Gasteiger partial charge in [0.1, 0.15) is 11.3 Å². The maximum atomic E-state index is 14.5. The Morgan fingerprint density at radius 1 is 1.08 bits per heavy atom. The first kappa shape index (κ1) is 27.2. The number of aliphatic hydroxyl groups excluding tert-OH is 3. The monoisotopic (exact) mass is 541 g/mol. The summed E-state index contributed by atoms with van der Waals surface area (Å²) in [6, 6.07) is 6.56. The van der Waals surface area contributed by atoms with Crippen LogP contribution in [0, 0.1) is 11.7 Å². The molecule has 1 atom stereocenters. The minimum atomic E-state index is -0.976. The van der Waals surface area contributed by atoms with Gasteiger partial charge in [-0.15, -0.1) is 0 Å². The van der Waals surface area contributed by atoms with E-state index in [1.807, 2.05) is 4.57 Å². The van der Waals surface area contributed by atoms with Crippen molar-refractivity contribution in [3.05, 3.63) is 36.3 Å². The van der Waals surface area contributed by atoms with E-state index in [4.69, 9.17) is 15.1 Å². The smallest absolute Gasteiger partial charge is 0.224 e. The fraction of sp³-hybridized carbons (Fsp3) is 0.556. The Hall–Kier alpha value is -3.35. The average molecular weight is 542 g/mol. The second-order valence-electron chi connectivity index (χ2n) is 10.5. The van der Waals surface area contributed by atoms with Crippen LogP contribution in [-0.4, -0.2) is 72.1 Å². The van der Waals surface area contributed by atoms with Crippen LogP contribution in [0.4, 0.5) is 22.0 Å². The number of para-hydroxylation sites is 1. The highest BCUT2D eigenvalue weighted by Crippen LogP contribution is 2.37. The van der Waals surface area contributed by atoms with Gasteiger partial charge in [-0.25, -0.2) is 14.4 Å². The molecule has 6 N–H and O–H groups in total. The summed E-state index contributed by atoms with van der Waals surface area (Å²) in [7, 11) is 0. The Labute approximate surface area is 225 Å². The Bertz CT molecular complexity index is 1270. The number of aromatic nitrogens is 4. The molecule has 2 aliphatic carbocycles. The topological polar surface area (TPSA) is 157 Å². The van der Waals surface area contributed by atoms with Crippen molar-refractivity contribution in [2.24, 2.45) is 5.92 Å². The fourth-order valence-corrected chi connectivity index (χ4v) is 5.50. The molecular formula is C27H36FN7O4. The maximum Gasteiger partial charge on any atom is 0.224 e. The lowest BCUT2D eigenvalue weighted by molar-refractivity contribution is -0.126. The van der Waals surface area contributed by atoms with Crippen molar-refractivity contribution >= 4 is 34.7 Å². The standard InChI is InChI=1S/C27H36FN7O4/c28-21-3-1-2-4-22(21)32-27-33-23-14-30-26(31-17-7-11-19(37)12-8-17)34-24(23)35(27)18-9-5-16(6-10-18)25(39)29-13-20(38)15-36/h1-4,14,16-20,36-38H,5-13,15H2,(H,29,39)(H,32,33)(H,30,31,34)/t16-,17-,18+,19-,20-/m1/s1. The third kappa shape index (κ3) is 6.45. The zero-order valence-electron chi connectivity index (χ0n) is 21.8. The zero-order valence-corrected chi connectivity index (χ0v) is 21.8. The normalized spacial score (nSPS) is 24.3. The van der Waals surface area contributed by atoms with E-state index in [1.54, 1.807) is 24.4 Å². The summed E-state index contributed by atoms with van der Waals surface area (Å²) in [5, 5.41) is 37.6. The van der Waals surface area contributed by atoms with E-state index in [0.717, 1.165) is 25.7 Å². The number of anilines is 3. The van der Waals surface area contributed by atoms with Gasteiger partial charge < -0.3 is 31.3 Å². The lowest BCUT2D eigenvalue weighted by Gasteiger charge is -2.30. The van der Waals surface area contributed by atoms with Gasteiger partial charge in [0.2, 0.25) is 17.8 Å². The first-order chi connectivity index (χ1) is 18.9. The number of carbonyl (C=O) groups excluding carboxylic acids is 1. The predicted octanol–water partition coefficient (Wildman–Crippen LogP) is 2.63. The van der Waals surface area contributed by atoms with Crippen LogP contribution in [-0.2, 0) is 4.79 Å². The molecule has 0 saturated heterocycles. The van der Waals surface area contributed by atoms with Crippen LogP contribution in [0.5, 0.6) is 0 Å². The van der Waals surface area contributed by atoms with Gasteiger partial charge in [-0.1, -0.05) is 12.1 Å². The summed E-state index contributed by atoms with van der Waals surface area (Å²) >= 11 is 0. The van der Waals surface area contributed by atoms with Crippen molar-refractivity contribution in [2.75, 3.05) is 23.8 Å². The van der Waals surface area contributed by atoms with Crippen LogP contribution in [0.3, 0.4) is 0 Å². The number of hydrogen-bond donors (Lipinski definition) is 6. The second kappa shape index (κ2) is 12.2. The molecule has 1 aromatic carbocycles. The molecule has 0 unspecified atom stereocenters. The van der Waals surface area contributed by atoms with Crippen LogP contribution in [0.1, 0.15) is 57.4 Å². The third-order valence-electron chi connectivity index (χ3n) is 7.74. The quantitative estimate of drug-likeness (QED) is 0.240. The third-order valence-corrected chi connectivity index (χ3v) is 7.74. The number of rotatable bonds is 9. The van der Waals surface area contributed by atoms with E-state index in [1.165, 1.54) is 6.07 Å². The molecule has 2 aromatic heterocycles. The summed E-state index contributed by atoms with van der Waals surface area (Å²) in [5.41, 5.74) is 1.51. The molecule has 3 aromatic rings. The van der Waals surface area contributed by atoms with Crippen molar-refractivity contribution in [3.63, 3.8) is 0 Å². The van der Waals surface area contributed by atoms with Crippen molar-refractivity contribution < 1.29 is 24.5 Å². The maximum absolute atomic E-state index is 14.5. The number of halogens is 1. The van der Waals surface area contributed by atoms with Gasteiger partial charge in [0.15, 0.2) is 5.65 Å². The lowest BCUT2D eigenvalue weighted by atomic mass is 9.85. The molecule has 210 valence electrons. The van der Waals surface area contributed by atoms with Gasteiger partial charge in [0.25, 0.3) is 0 Å². The van der Waals surface area contributed by atoms with Gasteiger partial charge in [-0.2, -0.15) is 4.98 Å². The summed E-state index contributed by atoms with van der Waals surface area (Å²) < 4.78 is 16.5. The molecule has 12 heteroatoms. The van der Waals surface area contributed by atoms with Gasteiger partial charge >= 0.3 is 0 Å².